The molecular weight excluding hydrogens is 280 g/mol. The Morgan fingerprint density at radius 3 is 2.64 bits per heavy atom. The minimum absolute atomic E-state index is 0.142. The molecule has 0 aliphatic carbocycles. The van der Waals surface area contributed by atoms with Crippen LogP contribution in [0.4, 0.5) is 0 Å². The normalized spacial score (nSPS) is 11.7. The van der Waals surface area contributed by atoms with Crippen LogP contribution in [0.5, 0.6) is 0 Å². The van der Waals surface area contributed by atoms with E-state index in [1.807, 2.05) is 37.3 Å². The Morgan fingerprint density at radius 1 is 1.27 bits per heavy atom. The van der Waals surface area contributed by atoms with Crippen molar-refractivity contribution in [2.75, 3.05) is 7.05 Å². The van der Waals surface area contributed by atoms with Crippen molar-refractivity contribution in [1.29, 1.82) is 0 Å². The molecule has 22 heavy (non-hydrogen) atoms. The number of aromatic nitrogens is 2. The standard InChI is InChI=1S/C16H20N4O2/c1-3-13-18-9-10-20(13)11-14(21)19-15(16(22)17-2)12-7-5-4-6-8-12/h4-10,15H,3,11H2,1-2H3,(H,17,22)(H,19,21)/t15-/m0/s1. The summed E-state index contributed by atoms with van der Waals surface area (Å²) in [5, 5.41) is 5.35. The SMILES string of the molecule is CCc1nccn1CC(=O)N[C@H](C(=O)NC)c1ccccc1. The third-order valence-electron chi connectivity index (χ3n) is 3.38. The quantitative estimate of drug-likeness (QED) is 0.837. The highest BCUT2D eigenvalue weighted by Crippen LogP contribution is 2.12. The van der Waals surface area contributed by atoms with Crippen molar-refractivity contribution in [3.63, 3.8) is 0 Å². The molecule has 0 saturated carbocycles. The summed E-state index contributed by atoms with van der Waals surface area (Å²) in [7, 11) is 1.55. The Balaban J connectivity index is 2.10. The summed E-state index contributed by atoms with van der Waals surface area (Å²) in [6.07, 6.45) is 4.17. The van der Waals surface area contributed by atoms with Gasteiger partial charge in [0.1, 0.15) is 18.4 Å². The third kappa shape index (κ3) is 3.72. The lowest BCUT2D eigenvalue weighted by atomic mass is 10.1. The number of amides is 2. The van der Waals surface area contributed by atoms with Crippen LogP contribution in [0.3, 0.4) is 0 Å². The van der Waals surface area contributed by atoms with Gasteiger partial charge >= 0.3 is 0 Å². The van der Waals surface area contributed by atoms with Gasteiger partial charge in [-0.05, 0) is 5.56 Å². The van der Waals surface area contributed by atoms with Crippen molar-refractivity contribution in [3.8, 4) is 0 Å². The van der Waals surface area contributed by atoms with Crippen LogP contribution in [0.1, 0.15) is 24.4 Å². The van der Waals surface area contributed by atoms with Gasteiger partial charge in [-0.15, -0.1) is 0 Å². The lowest BCUT2D eigenvalue weighted by Gasteiger charge is -2.18. The smallest absolute Gasteiger partial charge is 0.246 e. The molecule has 0 saturated heterocycles. The molecule has 2 aromatic rings. The van der Waals surface area contributed by atoms with Crippen LogP contribution < -0.4 is 10.6 Å². The summed E-state index contributed by atoms with van der Waals surface area (Å²) in [6, 6.07) is 8.47. The molecule has 1 aromatic carbocycles. The van der Waals surface area contributed by atoms with Gasteiger partial charge in [-0.1, -0.05) is 37.3 Å². The van der Waals surface area contributed by atoms with Gasteiger partial charge in [0.15, 0.2) is 0 Å². The van der Waals surface area contributed by atoms with Crippen LogP contribution in [0.2, 0.25) is 0 Å². The number of hydrogen-bond acceptors (Lipinski definition) is 3. The Bertz CT molecular complexity index is 637. The van der Waals surface area contributed by atoms with Crippen molar-refractivity contribution >= 4 is 11.8 Å². The number of rotatable bonds is 6. The fourth-order valence-corrected chi connectivity index (χ4v) is 2.25. The average molecular weight is 300 g/mol. The fraction of sp³-hybridized carbons (Fsp3) is 0.312. The molecule has 0 unspecified atom stereocenters. The molecule has 0 radical (unpaired) electrons. The van der Waals surface area contributed by atoms with Crippen molar-refractivity contribution < 1.29 is 9.59 Å². The maximum absolute atomic E-state index is 12.2. The second-order valence-electron chi connectivity index (χ2n) is 4.85. The van der Waals surface area contributed by atoms with Crippen LogP contribution in [-0.2, 0) is 22.6 Å². The fourth-order valence-electron chi connectivity index (χ4n) is 2.25. The number of benzene rings is 1. The molecule has 1 atom stereocenters. The molecule has 2 rings (SSSR count). The average Bonchev–Trinajstić information content (AvgIpc) is 2.99. The number of imidazole rings is 1. The molecule has 0 fully saturated rings. The first-order valence-electron chi connectivity index (χ1n) is 7.21. The van der Waals surface area contributed by atoms with E-state index in [1.165, 1.54) is 0 Å². The second-order valence-corrected chi connectivity index (χ2v) is 4.85. The van der Waals surface area contributed by atoms with Crippen molar-refractivity contribution in [2.45, 2.75) is 25.9 Å². The molecule has 1 heterocycles. The van der Waals surface area contributed by atoms with Crippen LogP contribution in [0.15, 0.2) is 42.7 Å². The molecule has 0 spiro atoms. The molecule has 2 N–H and O–H groups in total. The zero-order valence-electron chi connectivity index (χ0n) is 12.7. The highest BCUT2D eigenvalue weighted by Gasteiger charge is 2.21. The largest absolute Gasteiger partial charge is 0.357 e. The molecule has 2 amide bonds. The third-order valence-corrected chi connectivity index (χ3v) is 3.38. The van der Waals surface area contributed by atoms with E-state index in [2.05, 4.69) is 15.6 Å². The zero-order chi connectivity index (χ0) is 15.9. The molecule has 0 aliphatic heterocycles. The van der Waals surface area contributed by atoms with Gasteiger partial charge in [-0.2, -0.15) is 0 Å². The van der Waals surface area contributed by atoms with Crippen molar-refractivity contribution in [1.82, 2.24) is 20.2 Å². The maximum Gasteiger partial charge on any atom is 0.246 e. The number of nitrogens with zero attached hydrogens (tertiary/aromatic N) is 2. The number of likely N-dealkylation sites (N-methyl/N-ethyl adjacent to an activating group) is 1. The molecular formula is C16H20N4O2. The molecule has 1 aromatic heterocycles. The summed E-state index contributed by atoms with van der Waals surface area (Å²) in [4.78, 5) is 28.5. The lowest BCUT2D eigenvalue weighted by Crippen LogP contribution is -2.40. The monoisotopic (exact) mass is 300 g/mol. The van der Waals surface area contributed by atoms with Gasteiger partial charge in [-0.25, -0.2) is 4.98 Å². The van der Waals surface area contributed by atoms with Gasteiger partial charge in [0.2, 0.25) is 11.8 Å². The van der Waals surface area contributed by atoms with Crippen molar-refractivity contribution in [2.24, 2.45) is 0 Å². The van der Waals surface area contributed by atoms with E-state index >= 15 is 0 Å². The number of nitrogens with one attached hydrogen (secondary N) is 2. The van der Waals surface area contributed by atoms with E-state index in [4.69, 9.17) is 0 Å². The maximum atomic E-state index is 12.2. The first-order valence-corrected chi connectivity index (χ1v) is 7.21. The number of carbonyl (C=O) groups excluding carboxylic acids is 2. The van der Waals surface area contributed by atoms with Crippen molar-refractivity contribution in [3.05, 3.63) is 54.1 Å². The van der Waals surface area contributed by atoms with Gasteiger partial charge in [0, 0.05) is 25.9 Å². The Morgan fingerprint density at radius 2 is 2.00 bits per heavy atom. The lowest BCUT2D eigenvalue weighted by molar-refractivity contribution is -0.129. The van der Waals surface area contributed by atoms with Crippen LogP contribution in [0.25, 0.3) is 0 Å². The molecule has 6 heteroatoms. The molecule has 0 bridgehead atoms. The summed E-state index contributed by atoms with van der Waals surface area (Å²) >= 11 is 0. The summed E-state index contributed by atoms with van der Waals surface area (Å²) in [5.74, 6) is 0.359. The van der Waals surface area contributed by atoms with Gasteiger partial charge in [0.25, 0.3) is 0 Å². The Labute approximate surface area is 129 Å². The van der Waals surface area contributed by atoms with E-state index < -0.39 is 6.04 Å². The minimum atomic E-state index is -0.702. The number of aryl methyl sites for hydroxylation is 1. The van der Waals surface area contributed by atoms with Gasteiger partial charge in [0.05, 0.1) is 0 Å². The topological polar surface area (TPSA) is 76.0 Å². The predicted molar refractivity (Wildman–Crippen MR) is 83.0 cm³/mol. The predicted octanol–water partition coefficient (Wildman–Crippen LogP) is 1.05. The van der Waals surface area contributed by atoms with E-state index in [0.717, 1.165) is 17.8 Å². The highest BCUT2D eigenvalue weighted by molar-refractivity contribution is 5.88. The first-order chi connectivity index (χ1) is 10.7. The number of hydrogen-bond donors (Lipinski definition) is 2. The highest BCUT2D eigenvalue weighted by atomic mass is 16.2. The molecule has 6 nitrogen and oxygen atoms in total. The summed E-state index contributed by atoms with van der Waals surface area (Å²) in [6.45, 7) is 2.12. The summed E-state index contributed by atoms with van der Waals surface area (Å²) < 4.78 is 1.78. The minimum Gasteiger partial charge on any atom is -0.357 e. The first kappa shape index (κ1) is 15.8. The number of carbonyl (C=O) groups is 2. The molecule has 116 valence electrons. The van der Waals surface area contributed by atoms with E-state index in [0.29, 0.717) is 0 Å². The van der Waals surface area contributed by atoms with E-state index in [1.54, 1.807) is 24.0 Å². The van der Waals surface area contributed by atoms with Crippen LogP contribution >= 0.6 is 0 Å². The van der Waals surface area contributed by atoms with Gasteiger partial charge in [-0.3, -0.25) is 9.59 Å². The summed E-state index contributed by atoms with van der Waals surface area (Å²) in [5.41, 5.74) is 0.747. The van der Waals surface area contributed by atoms with Gasteiger partial charge < -0.3 is 15.2 Å². The van der Waals surface area contributed by atoms with Crippen LogP contribution in [-0.4, -0.2) is 28.4 Å². The zero-order valence-corrected chi connectivity index (χ0v) is 12.7. The van der Waals surface area contributed by atoms with Crippen LogP contribution in [0, 0.1) is 0 Å². The second kappa shape index (κ2) is 7.40. The van der Waals surface area contributed by atoms with E-state index in [9.17, 15) is 9.59 Å². The Hall–Kier alpha value is -2.63. The Kier molecular flexibility index (Phi) is 5.30. The molecule has 0 aliphatic rings. The van der Waals surface area contributed by atoms with E-state index in [-0.39, 0.29) is 18.4 Å².